The SMILES string of the molecule is Cc1ccc(-n2nc(C)c3c(C(=O)NCc4ccc(CN5CCCCCC5)o4)cc(C)nc32)cc1. The van der Waals surface area contributed by atoms with Crippen molar-refractivity contribution in [2.75, 3.05) is 13.1 Å². The molecular weight excluding hydrogens is 438 g/mol. The number of furan rings is 1. The second-order valence-corrected chi connectivity index (χ2v) is 9.58. The maximum Gasteiger partial charge on any atom is 0.252 e. The highest BCUT2D eigenvalue weighted by molar-refractivity contribution is 6.06. The number of carbonyl (C=O) groups excluding carboxylic acids is 1. The fourth-order valence-electron chi connectivity index (χ4n) is 4.84. The van der Waals surface area contributed by atoms with Crippen molar-refractivity contribution in [2.45, 2.75) is 59.5 Å². The summed E-state index contributed by atoms with van der Waals surface area (Å²) in [6.07, 6.45) is 5.14. The van der Waals surface area contributed by atoms with E-state index in [4.69, 9.17) is 14.5 Å². The van der Waals surface area contributed by atoms with Gasteiger partial charge in [-0.1, -0.05) is 30.5 Å². The van der Waals surface area contributed by atoms with Crippen molar-refractivity contribution in [3.8, 4) is 5.69 Å². The van der Waals surface area contributed by atoms with Gasteiger partial charge in [-0.25, -0.2) is 9.67 Å². The van der Waals surface area contributed by atoms with Gasteiger partial charge >= 0.3 is 0 Å². The fourth-order valence-corrected chi connectivity index (χ4v) is 4.84. The quantitative estimate of drug-likeness (QED) is 0.416. The Morgan fingerprint density at radius 2 is 1.69 bits per heavy atom. The molecule has 4 aromatic rings. The average Bonchev–Trinajstić information content (AvgIpc) is 3.32. The van der Waals surface area contributed by atoms with Crippen LogP contribution in [0.15, 0.2) is 46.9 Å². The molecule has 7 heteroatoms. The second-order valence-electron chi connectivity index (χ2n) is 9.58. The Labute approximate surface area is 206 Å². The van der Waals surface area contributed by atoms with Crippen molar-refractivity contribution in [3.63, 3.8) is 0 Å². The highest BCUT2D eigenvalue weighted by atomic mass is 16.3. The van der Waals surface area contributed by atoms with Crippen molar-refractivity contribution < 1.29 is 9.21 Å². The molecule has 1 aliphatic heterocycles. The molecule has 5 rings (SSSR count). The van der Waals surface area contributed by atoms with Crippen molar-refractivity contribution in [2.24, 2.45) is 0 Å². The van der Waals surface area contributed by atoms with Gasteiger partial charge in [0.05, 0.1) is 35.4 Å². The van der Waals surface area contributed by atoms with Gasteiger partial charge in [-0.15, -0.1) is 0 Å². The van der Waals surface area contributed by atoms with Crippen molar-refractivity contribution in [1.82, 2.24) is 25.0 Å². The number of hydrogen-bond acceptors (Lipinski definition) is 5. The topological polar surface area (TPSA) is 76.2 Å². The maximum absolute atomic E-state index is 13.3. The zero-order valence-electron chi connectivity index (χ0n) is 20.8. The van der Waals surface area contributed by atoms with Gasteiger partial charge < -0.3 is 9.73 Å². The molecule has 1 saturated heterocycles. The van der Waals surface area contributed by atoms with Gasteiger partial charge in [0.2, 0.25) is 0 Å². The summed E-state index contributed by atoms with van der Waals surface area (Å²) in [5.74, 6) is 1.56. The summed E-state index contributed by atoms with van der Waals surface area (Å²) in [6, 6.07) is 13.9. The molecular formula is C28H33N5O2. The summed E-state index contributed by atoms with van der Waals surface area (Å²) in [5, 5.41) is 8.52. The minimum Gasteiger partial charge on any atom is -0.463 e. The van der Waals surface area contributed by atoms with E-state index in [1.165, 1.54) is 31.2 Å². The number of nitrogens with zero attached hydrogens (tertiary/aromatic N) is 4. The molecule has 1 aromatic carbocycles. The van der Waals surface area contributed by atoms with E-state index in [2.05, 4.69) is 17.1 Å². The van der Waals surface area contributed by atoms with Crippen LogP contribution in [0.2, 0.25) is 0 Å². The standard InChI is InChI=1S/C28H33N5O2/c1-19-8-10-22(11-9-19)33-27-26(21(3)31-33)25(16-20(2)30-27)28(34)29-17-23-12-13-24(35-23)18-32-14-6-4-5-7-15-32/h8-13,16H,4-7,14-15,17-18H2,1-3H3,(H,29,34). The van der Waals surface area contributed by atoms with E-state index in [0.29, 0.717) is 17.8 Å². The first kappa shape index (κ1) is 23.3. The van der Waals surface area contributed by atoms with Crippen LogP contribution in [0.5, 0.6) is 0 Å². The Kier molecular flexibility index (Phi) is 6.68. The number of carbonyl (C=O) groups is 1. The first-order chi connectivity index (χ1) is 17.0. The van der Waals surface area contributed by atoms with Gasteiger partial charge in [0.15, 0.2) is 5.65 Å². The van der Waals surface area contributed by atoms with Gasteiger partial charge in [0.1, 0.15) is 11.5 Å². The normalized spacial score (nSPS) is 14.8. The van der Waals surface area contributed by atoms with Gasteiger partial charge in [-0.3, -0.25) is 9.69 Å². The Balaban J connectivity index is 1.33. The molecule has 0 saturated carbocycles. The minimum atomic E-state index is -0.155. The van der Waals surface area contributed by atoms with E-state index in [1.54, 1.807) is 0 Å². The number of aryl methyl sites for hydroxylation is 3. The van der Waals surface area contributed by atoms with Crippen LogP contribution in [0.1, 0.15) is 64.5 Å². The highest BCUT2D eigenvalue weighted by Gasteiger charge is 2.20. The molecule has 182 valence electrons. The first-order valence-corrected chi connectivity index (χ1v) is 12.5. The second kappa shape index (κ2) is 10.0. The molecule has 0 radical (unpaired) electrons. The Morgan fingerprint density at radius 1 is 0.971 bits per heavy atom. The van der Waals surface area contributed by atoms with Crippen LogP contribution < -0.4 is 5.32 Å². The van der Waals surface area contributed by atoms with E-state index in [-0.39, 0.29) is 5.91 Å². The first-order valence-electron chi connectivity index (χ1n) is 12.5. The van der Waals surface area contributed by atoms with Crippen molar-refractivity contribution in [1.29, 1.82) is 0 Å². The number of rotatable bonds is 6. The molecule has 4 heterocycles. The Bertz CT molecular complexity index is 1330. The summed E-state index contributed by atoms with van der Waals surface area (Å²) in [7, 11) is 0. The Hall–Kier alpha value is -3.45. The molecule has 0 atom stereocenters. The van der Waals surface area contributed by atoms with Crippen LogP contribution >= 0.6 is 0 Å². The summed E-state index contributed by atoms with van der Waals surface area (Å²) >= 11 is 0. The molecule has 1 fully saturated rings. The monoisotopic (exact) mass is 471 g/mol. The number of pyridine rings is 1. The molecule has 7 nitrogen and oxygen atoms in total. The number of fused-ring (bicyclic) bond motifs is 1. The van der Waals surface area contributed by atoms with E-state index in [1.807, 2.05) is 61.0 Å². The molecule has 0 bridgehead atoms. The van der Waals surface area contributed by atoms with Crippen molar-refractivity contribution >= 4 is 16.9 Å². The largest absolute Gasteiger partial charge is 0.463 e. The zero-order chi connectivity index (χ0) is 24.4. The number of amides is 1. The van der Waals surface area contributed by atoms with E-state index in [0.717, 1.165) is 53.6 Å². The predicted molar refractivity (Wildman–Crippen MR) is 137 cm³/mol. The maximum atomic E-state index is 13.3. The fraction of sp³-hybridized carbons (Fsp3) is 0.393. The lowest BCUT2D eigenvalue weighted by Crippen LogP contribution is -2.24. The van der Waals surface area contributed by atoms with Crippen LogP contribution in [-0.4, -0.2) is 38.7 Å². The van der Waals surface area contributed by atoms with Gasteiger partial charge in [0.25, 0.3) is 5.91 Å². The molecule has 1 amide bonds. The number of nitrogens with one attached hydrogen (secondary N) is 1. The van der Waals surface area contributed by atoms with Crippen molar-refractivity contribution in [3.05, 3.63) is 76.5 Å². The summed E-state index contributed by atoms with van der Waals surface area (Å²) in [4.78, 5) is 20.4. The summed E-state index contributed by atoms with van der Waals surface area (Å²) < 4.78 is 7.85. The smallest absolute Gasteiger partial charge is 0.252 e. The lowest BCUT2D eigenvalue weighted by molar-refractivity contribution is 0.0949. The number of likely N-dealkylation sites (tertiary alicyclic amines) is 1. The highest BCUT2D eigenvalue weighted by Crippen LogP contribution is 2.25. The zero-order valence-corrected chi connectivity index (χ0v) is 20.8. The minimum absolute atomic E-state index is 0.155. The van der Waals surface area contributed by atoms with Crippen LogP contribution in [-0.2, 0) is 13.1 Å². The van der Waals surface area contributed by atoms with Gasteiger partial charge in [-0.05, 0) is 77.0 Å². The van der Waals surface area contributed by atoms with E-state index in [9.17, 15) is 4.79 Å². The summed E-state index contributed by atoms with van der Waals surface area (Å²) in [6.45, 7) is 9.29. The Morgan fingerprint density at radius 3 is 2.43 bits per heavy atom. The molecule has 35 heavy (non-hydrogen) atoms. The third-order valence-corrected chi connectivity index (χ3v) is 6.68. The van der Waals surface area contributed by atoms with E-state index < -0.39 is 0 Å². The summed E-state index contributed by atoms with van der Waals surface area (Å²) in [5.41, 5.74) is 4.92. The predicted octanol–water partition coefficient (Wildman–Crippen LogP) is 5.24. The number of aromatic nitrogens is 3. The number of benzene rings is 1. The van der Waals surface area contributed by atoms with Gasteiger partial charge in [0, 0.05) is 5.69 Å². The van der Waals surface area contributed by atoms with Crippen LogP contribution in [0.3, 0.4) is 0 Å². The van der Waals surface area contributed by atoms with E-state index >= 15 is 0 Å². The third kappa shape index (κ3) is 5.15. The molecule has 0 unspecified atom stereocenters. The van der Waals surface area contributed by atoms with Crippen LogP contribution in [0, 0.1) is 20.8 Å². The van der Waals surface area contributed by atoms with Gasteiger partial charge in [-0.2, -0.15) is 5.10 Å². The molecule has 1 aliphatic rings. The molecule has 3 aromatic heterocycles. The molecule has 1 N–H and O–H groups in total. The third-order valence-electron chi connectivity index (χ3n) is 6.68. The number of hydrogen-bond donors (Lipinski definition) is 1. The molecule has 0 aliphatic carbocycles. The lowest BCUT2D eigenvalue weighted by atomic mass is 10.1. The lowest BCUT2D eigenvalue weighted by Gasteiger charge is -2.17. The molecule has 0 spiro atoms. The average molecular weight is 472 g/mol. The van der Waals surface area contributed by atoms with Crippen LogP contribution in [0.4, 0.5) is 0 Å². The van der Waals surface area contributed by atoms with Crippen LogP contribution in [0.25, 0.3) is 16.7 Å².